The maximum Gasteiger partial charge on any atom is 0.325 e. The highest BCUT2D eigenvalue weighted by Crippen LogP contribution is 2.16. The molecule has 4 heteroatoms. The normalized spacial score (nSPS) is 22.3. The van der Waals surface area contributed by atoms with Gasteiger partial charge in [-0.25, -0.2) is 0 Å². The molecule has 80 valence electrons. The third-order valence-corrected chi connectivity index (χ3v) is 2.42. The van der Waals surface area contributed by atoms with Crippen molar-refractivity contribution < 1.29 is 14.3 Å². The van der Waals surface area contributed by atoms with Crippen molar-refractivity contribution in [2.45, 2.75) is 26.7 Å². The largest absolute Gasteiger partial charge is 0.465 e. The van der Waals surface area contributed by atoms with Crippen LogP contribution in [0, 0.1) is 5.92 Å². The Bertz CT molecular complexity index is 227. The third-order valence-electron chi connectivity index (χ3n) is 2.42. The standard InChI is InChI=1S/C10H17NO3/c1-3-14-9(12)7-11-6-4-5-8(2)10(11)13/h8H,3-7H2,1-2H3. The van der Waals surface area contributed by atoms with Crippen LogP contribution in [-0.2, 0) is 14.3 Å². The maximum absolute atomic E-state index is 11.6. The second kappa shape index (κ2) is 4.98. The van der Waals surface area contributed by atoms with Crippen molar-refractivity contribution >= 4 is 11.9 Å². The van der Waals surface area contributed by atoms with Gasteiger partial charge in [-0.05, 0) is 19.8 Å². The van der Waals surface area contributed by atoms with Crippen LogP contribution >= 0.6 is 0 Å². The van der Waals surface area contributed by atoms with E-state index in [4.69, 9.17) is 4.74 Å². The predicted molar refractivity (Wildman–Crippen MR) is 51.6 cm³/mol. The molecular weight excluding hydrogens is 182 g/mol. The van der Waals surface area contributed by atoms with E-state index in [1.165, 1.54) is 0 Å². The molecule has 0 radical (unpaired) electrons. The summed E-state index contributed by atoms with van der Waals surface area (Å²) < 4.78 is 4.80. The Morgan fingerprint density at radius 3 is 3.00 bits per heavy atom. The van der Waals surface area contributed by atoms with E-state index in [1.54, 1.807) is 11.8 Å². The zero-order valence-corrected chi connectivity index (χ0v) is 8.78. The van der Waals surface area contributed by atoms with Gasteiger partial charge < -0.3 is 9.64 Å². The van der Waals surface area contributed by atoms with E-state index < -0.39 is 0 Å². The van der Waals surface area contributed by atoms with Gasteiger partial charge in [0.25, 0.3) is 0 Å². The van der Waals surface area contributed by atoms with Crippen molar-refractivity contribution in [2.75, 3.05) is 19.7 Å². The number of amides is 1. The minimum atomic E-state index is -0.310. The Balaban J connectivity index is 2.43. The predicted octanol–water partition coefficient (Wildman–Crippen LogP) is 0.808. The second-order valence-corrected chi connectivity index (χ2v) is 3.61. The number of piperidine rings is 1. The Labute approximate surface area is 84.2 Å². The number of carbonyl (C=O) groups excluding carboxylic acids is 2. The summed E-state index contributed by atoms with van der Waals surface area (Å²) in [5, 5.41) is 0. The van der Waals surface area contributed by atoms with E-state index in [1.807, 2.05) is 6.92 Å². The van der Waals surface area contributed by atoms with E-state index in [2.05, 4.69) is 0 Å². The highest BCUT2D eigenvalue weighted by Gasteiger charge is 2.26. The van der Waals surface area contributed by atoms with Gasteiger partial charge in [0.05, 0.1) is 6.61 Å². The summed E-state index contributed by atoms with van der Waals surface area (Å²) in [7, 11) is 0. The number of hydrogen-bond donors (Lipinski definition) is 0. The Morgan fingerprint density at radius 1 is 1.64 bits per heavy atom. The number of rotatable bonds is 3. The fraction of sp³-hybridized carbons (Fsp3) is 0.800. The molecule has 1 unspecified atom stereocenters. The number of nitrogens with zero attached hydrogens (tertiary/aromatic N) is 1. The molecule has 0 bridgehead atoms. The summed E-state index contributed by atoms with van der Waals surface area (Å²) in [4.78, 5) is 24.3. The smallest absolute Gasteiger partial charge is 0.325 e. The van der Waals surface area contributed by atoms with Gasteiger partial charge in [0.15, 0.2) is 0 Å². The first-order chi connectivity index (χ1) is 6.65. The van der Waals surface area contributed by atoms with Crippen LogP contribution in [0.5, 0.6) is 0 Å². The molecular formula is C10H17NO3. The van der Waals surface area contributed by atoms with E-state index in [0.29, 0.717) is 13.2 Å². The summed E-state index contributed by atoms with van der Waals surface area (Å²) >= 11 is 0. The van der Waals surface area contributed by atoms with E-state index in [-0.39, 0.29) is 24.3 Å². The molecule has 1 amide bonds. The number of esters is 1. The quantitative estimate of drug-likeness (QED) is 0.632. The molecule has 0 spiro atoms. The minimum absolute atomic E-state index is 0.0539. The minimum Gasteiger partial charge on any atom is -0.465 e. The molecule has 0 aromatic rings. The Morgan fingerprint density at radius 2 is 2.36 bits per heavy atom. The first-order valence-electron chi connectivity index (χ1n) is 5.09. The number of ether oxygens (including phenoxy) is 1. The van der Waals surface area contributed by atoms with Gasteiger partial charge in [-0.15, -0.1) is 0 Å². The average molecular weight is 199 g/mol. The van der Waals surface area contributed by atoms with E-state index >= 15 is 0 Å². The topological polar surface area (TPSA) is 46.6 Å². The monoisotopic (exact) mass is 199 g/mol. The first kappa shape index (κ1) is 11.0. The highest BCUT2D eigenvalue weighted by atomic mass is 16.5. The zero-order valence-electron chi connectivity index (χ0n) is 8.78. The van der Waals surface area contributed by atoms with Gasteiger partial charge in [-0.2, -0.15) is 0 Å². The third kappa shape index (κ3) is 2.72. The highest BCUT2D eigenvalue weighted by molar-refractivity contribution is 5.83. The van der Waals surface area contributed by atoms with Gasteiger partial charge in [-0.1, -0.05) is 6.92 Å². The van der Waals surface area contributed by atoms with Crippen molar-refractivity contribution in [3.05, 3.63) is 0 Å². The Kier molecular flexibility index (Phi) is 3.92. The lowest BCUT2D eigenvalue weighted by Gasteiger charge is -2.29. The van der Waals surface area contributed by atoms with Crippen molar-refractivity contribution in [1.29, 1.82) is 0 Å². The van der Waals surface area contributed by atoms with Crippen LogP contribution in [0.4, 0.5) is 0 Å². The summed E-state index contributed by atoms with van der Waals surface area (Å²) in [6.07, 6.45) is 1.91. The van der Waals surface area contributed by atoms with Crippen molar-refractivity contribution in [3.63, 3.8) is 0 Å². The molecule has 1 aliphatic heterocycles. The van der Waals surface area contributed by atoms with Gasteiger partial charge in [0.1, 0.15) is 6.54 Å². The summed E-state index contributed by atoms with van der Waals surface area (Å²) in [6.45, 7) is 4.83. The average Bonchev–Trinajstić information content (AvgIpc) is 2.13. The van der Waals surface area contributed by atoms with Crippen LogP contribution in [0.15, 0.2) is 0 Å². The molecule has 0 N–H and O–H groups in total. The number of hydrogen-bond acceptors (Lipinski definition) is 3. The number of carbonyl (C=O) groups is 2. The molecule has 0 aromatic carbocycles. The maximum atomic E-state index is 11.6. The molecule has 0 saturated carbocycles. The van der Waals surface area contributed by atoms with Crippen molar-refractivity contribution in [1.82, 2.24) is 4.90 Å². The van der Waals surface area contributed by atoms with Crippen LogP contribution in [0.3, 0.4) is 0 Å². The van der Waals surface area contributed by atoms with E-state index in [0.717, 1.165) is 12.8 Å². The zero-order chi connectivity index (χ0) is 10.6. The lowest BCUT2D eigenvalue weighted by Crippen LogP contribution is -2.43. The molecule has 1 heterocycles. The van der Waals surface area contributed by atoms with Crippen LogP contribution in [0.2, 0.25) is 0 Å². The van der Waals surface area contributed by atoms with Gasteiger partial charge in [-0.3, -0.25) is 9.59 Å². The molecule has 1 rings (SSSR count). The van der Waals surface area contributed by atoms with Crippen LogP contribution in [0.1, 0.15) is 26.7 Å². The summed E-state index contributed by atoms with van der Waals surface area (Å²) in [6, 6.07) is 0. The van der Waals surface area contributed by atoms with Gasteiger partial charge in [0, 0.05) is 12.5 Å². The van der Waals surface area contributed by atoms with Crippen molar-refractivity contribution in [2.24, 2.45) is 5.92 Å². The molecule has 1 fully saturated rings. The SMILES string of the molecule is CCOC(=O)CN1CCCC(C)C1=O. The van der Waals surface area contributed by atoms with Crippen LogP contribution < -0.4 is 0 Å². The van der Waals surface area contributed by atoms with Crippen LogP contribution in [0.25, 0.3) is 0 Å². The fourth-order valence-corrected chi connectivity index (χ4v) is 1.65. The van der Waals surface area contributed by atoms with E-state index in [9.17, 15) is 9.59 Å². The molecule has 1 atom stereocenters. The lowest BCUT2D eigenvalue weighted by molar-refractivity contribution is -0.151. The molecule has 1 aliphatic rings. The van der Waals surface area contributed by atoms with Gasteiger partial charge in [0.2, 0.25) is 5.91 Å². The molecule has 0 aromatic heterocycles. The molecule has 14 heavy (non-hydrogen) atoms. The van der Waals surface area contributed by atoms with Crippen molar-refractivity contribution in [3.8, 4) is 0 Å². The van der Waals surface area contributed by atoms with Crippen LogP contribution in [-0.4, -0.2) is 36.5 Å². The molecule has 1 saturated heterocycles. The molecule has 0 aliphatic carbocycles. The summed E-state index contributed by atoms with van der Waals surface area (Å²) in [5.41, 5.74) is 0. The second-order valence-electron chi connectivity index (χ2n) is 3.61. The number of likely N-dealkylation sites (tertiary alicyclic amines) is 1. The Hall–Kier alpha value is -1.06. The lowest BCUT2D eigenvalue weighted by atomic mass is 9.99. The molecule has 4 nitrogen and oxygen atoms in total. The first-order valence-corrected chi connectivity index (χ1v) is 5.09. The fourth-order valence-electron chi connectivity index (χ4n) is 1.65. The van der Waals surface area contributed by atoms with Gasteiger partial charge >= 0.3 is 5.97 Å². The summed E-state index contributed by atoms with van der Waals surface area (Å²) in [5.74, 6) is -0.183.